The quantitative estimate of drug-likeness (QED) is 0.716. The van der Waals surface area contributed by atoms with Crippen LogP contribution in [0.4, 0.5) is 18.9 Å². The Hall–Kier alpha value is -2.32. The number of alkyl halides is 3. The lowest BCUT2D eigenvalue weighted by Crippen LogP contribution is -2.41. The fourth-order valence-electron chi connectivity index (χ4n) is 3.70. The van der Waals surface area contributed by atoms with Crippen molar-refractivity contribution in [1.82, 2.24) is 0 Å². The topological polar surface area (TPSA) is 47.6 Å². The lowest BCUT2D eigenvalue weighted by Gasteiger charge is -2.32. The lowest BCUT2D eigenvalue weighted by molar-refractivity contribution is -0.137. The standard InChI is InChI=1S/C23H25BF3NO3/c1-20(2)21(3,4)31-24(30-20)17-9-11-18(12-10-17)28-19(29)22(13-14-22)15-5-7-16(8-6-15)23(25,26)27/h5-12H,13-14H2,1-4H3,(H,28,29). The molecule has 1 N–H and O–H groups in total. The first-order valence-electron chi connectivity index (χ1n) is 10.3. The Morgan fingerprint density at radius 2 is 1.42 bits per heavy atom. The molecule has 2 fully saturated rings. The van der Waals surface area contributed by atoms with E-state index in [0.29, 0.717) is 24.1 Å². The van der Waals surface area contributed by atoms with Crippen LogP contribution in [0.1, 0.15) is 51.7 Å². The SMILES string of the molecule is CC1(C)OB(c2ccc(NC(=O)C3(c4ccc(C(F)(F)F)cc4)CC3)cc2)OC1(C)C. The molecule has 1 aliphatic heterocycles. The molecule has 2 aromatic carbocycles. The molecule has 8 heteroatoms. The smallest absolute Gasteiger partial charge is 0.399 e. The molecule has 1 saturated heterocycles. The van der Waals surface area contributed by atoms with Gasteiger partial charge in [-0.2, -0.15) is 13.2 Å². The summed E-state index contributed by atoms with van der Waals surface area (Å²) in [6.07, 6.45) is -3.18. The predicted molar refractivity (Wildman–Crippen MR) is 113 cm³/mol. The summed E-state index contributed by atoms with van der Waals surface area (Å²) >= 11 is 0. The number of hydrogen-bond donors (Lipinski definition) is 1. The molecule has 0 spiro atoms. The van der Waals surface area contributed by atoms with Crippen LogP contribution in [0.15, 0.2) is 48.5 Å². The molecule has 0 atom stereocenters. The average molecular weight is 431 g/mol. The van der Waals surface area contributed by atoms with Crippen LogP contribution in [0.5, 0.6) is 0 Å². The second-order valence-corrected chi connectivity index (χ2v) is 9.32. The highest BCUT2D eigenvalue weighted by Crippen LogP contribution is 2.49. The maximum atomic E-state index is 12.9. The summed E-state index contributed by atoms with van der Waals surface area (Å²) in [6.45, 7) is 7.94. The number of nitrogens with one attached hydrogen (secondary N) is 1. The molecule has 2 aliphatic rings. The summed E-state index contributed by atoms with van der Waals surface area (Å²) in [5, 5.41) is 2.90. The Morgan fingerprint density at radius 1 is 0.903 bits per heavy atom. The van der Waals surface area contributed by atoms with Crippen molar-refractivity contribution in [2.45, 2.75) is 63.3 Å². The third kappa shape index (κ3) is 3.99. The van der Waals surface area contributed by atoms with E-state index in [-0.39, 0.29) is 5.91 Å². The zero-order valence-electron chi connectivity index (χ0n) is 18.0. The molecule has 2 aromatic rings. The molecule has 0 bridgehead atoms. The van der Waals surface area contributed by atoms with Gasteiger partial charge in [0.15, 0.2) is 0 Å². The van der Waals surface area contributed by atoms with Gasteiger partial charge in [-0.1, -0.05) is 24.3 Å². The van der Waals surface area contributed by atoms with Gasteiger partial charge in [-0.05, 0) is 75.8 Å². The molecule has 1 heterocycles. The van der Waals surface area contributed by atoms with Crippen LogP contribution in [0.25, 0.3) is 0 Å². The summed E-state index contributed by atoms with van der Waals surface area (Å²) in [4.78, 5) is 12.9. The van der Waals surface area contributed by atoms with Gasteiger partial charge < -0.3 is 14.6 Å². The van der Waals surface area contributed by atoms with Crippen molar-refractivity contribution in [3.63, 3.8) is 0 Å². The fraction of sp³-hybridized carbons (Fsp3) is 0.435. The normalized spacial score (nSPS) is 21.1. The first-order valence-corrected chi connectivity index (χ1v) is 10.3. The minimum atomic E-state index is -4.39. The second kappa shape index (κ2) is 7.10. The van der Waals surface area contributed by atoms with E-state index in [1.807, 2.05) is 39.8 Å². The summed E-state index contributed by atoms with van der Waals surface area (Å²) < 4.78 is 50.5. The molecular weight excluding hydrogens is 406 g/mol. The minimum absolute atomic E-state index is 0.212. The van der Waals surface area contributed by atoms with Crippen LogP contribution < -0.4 is 10.8 Å². The van der Waals surface area contributed by atoms with Crippen LogP contribution in [0.2, 0.25) is 0 Å². The molecule has 0 aromatic heterocycles. The van der Waals surface area contributed by atoms with E-state index in [9.17, 15) is 18.0 Å². The third-order valence-corrected chi connectivity index (χ3v) is 6.64. The number of carbonyl (C=O) groups excluding carboxylic acids is 1. The third-order valence-electron chi connectivity index (χ3n) is 6.64. The zero-order chi connectivity index (χ0) is 22.7. The van der Waals surface area contributed by atoms with Crippen molar-refractivity contribution in [2.24, 2.45) is 0 Å². The molecular formula is C23H25BF3NO3. The first kappa shape index (κ1) is 21.9. The molecule has 1 amide bonds. The van der Waals surface area contributed by atoms with Gasteiger partial charge in [-0.3, -0.25) is 4.79 Å². The zero-order valence-corrected chi connectivity index (χ0v) is 18.0. The van der Waals surface area contributed by atoms with E-state index in [1.54, 1.807) is 12.1 Å². The van der Waals surface area contributed by atoms with E-state index >= 15 is 0 Å². The number of halogens is 3. The van der Waals surface area contributed by atoms with E-state index < -0.39 is 35.5 Å². The number of hydrogen-bond acceptors (Lipinski definition) is 3. The van der Waals surface area contributed by atoms with Gasteiger partial charge in [-0.25, -0.2) is 0 Å². The number of amides is 1. The lowest BCUT2D eigenvalue weighted by atomic mass is 9.79. The van der Waals surface area contributed by atoms with E-state index in [4.69, 9.17) is 9.31 Å². The monoisotopic (exact) mass is 431 g/mol. The van der Waals surface area contributed by atoms with Crippen LogP contribution in [0, 0.1) is 0 Å². The summed E-state index contributed by atoms with van der Waals surface area (Å²) in [5.41, 5.74) is -0.300. The van der Waals surface area contributed by atoms with E-state index in [1.165, 1.54) is 12.1 Å². The average Bonchev–Trinajstić information content (AvgIpc) is 3.45. The predicted octanol–water partition coefficient (Wildman–Crippen LogP) is 4.67. The number of benzene rings is 2. The van der Waals surface area contributed by atoms with E-state index in [2.05, 4.69) is 5.32 Å². The maximum Gasteiger partial charge on any atom is 0.494 e. The van der Waals surface area contributed by atoms with Crippen molar-refractivity contribution in [3.8, 4) is 0 Å². The molecule has 31 heavy (non-hydrogen) atoms. The van der Waals surface area contributed by atoms with Gasteiger partial charge in [0.05, 0.1) is 22.2 Å². The molecule has 164 valence electrons. The van der Waals surface area contributed by atoms with Crippen molar-refractivity contribution in [1.29, 1.82) is 0 Å². The number of carbonyl (C=O) groups is 1. The van der Waals surface area contributed by atoms with Gasteiger partial charge in [-0.15, -0.1) is 0 Å². The van der Waals surface area contributed by atoms with Crippen LogP contribution in [0.3, 0.4) is 0 Å². The largest absolute Gasteiger partial charge is 0.494 e. The fourth-order valence-corrected chi connectivity index (χ4v) is 3.70. The maximum absolute atomic E-state index is 12.9. The Morgan fingerprint density at radius 3 is 1.87 bits per heavy atom. The first-order chi connectivity index (χ1) is 14.3. The highest BCUT2D eigenvalue weighted by atomic mass is 19.4. The van der Waals surface area contributed by atoms with Crippen LogP contribution >= 0.6 is 0 Å². The van der Waals surface area contributed by atoms with Crippen molar-refractivity contribution >= 4 is 24.2 Å². The summed E-state index contributed by atoms with van der Waals surface area (Å²) in [6, 6.07) is 12.1. The molecule has 0 radical (unpaired) electrons. The highest BCUT2D eigenvalue weighted by Gasteiger charge is 2.52. The van der Waals surface area contributed by atoms with Crippen molar-refractivity contribution < 1.29 is 27.3 Å². The Bertz CT molecular complexity index is 965. The van der Waals surface area contributed by atoms with E-state index in [0.717, 1.165) is 17.6 Å². The second-order valence-electron chi connectivity index (χ2n) is 9.32. The Kier molecular flexibility index (Phi) is 5.02. The van der Waals surface area contributed by atoms with Gasteiger partial charge in [0.2, 0.25) is 5.91 Å². The van der Waals surface area contributed by atoms with Crippen LogP contribution in [-0.4, -0.2) is 24.2 Å². The summed E-state index contributed by atoms with van der Waals surface area (Å²) in [7, 11) is -0.489. The van der Waals surface area contributed by atoms with Gasteiger partial charge >= 0.3 is 13.3 Å². The van der Waals surface area contributed by atoms with Crippen molar-refractivity contribution in [2.75, 3.05) is 5.32 Å². The molecule has 0 unspecified atom stereocenters. The van der Waals surface area contributed by atoms with Gasteiger partial charge in [0.1, 0.15) is 0 Å². The van der Waals surface area contributed by atoms with Crippen LogP contribution in [-0.2, 0) is 25.7 Å². The molecule has 1 aliphatic carbocycles. The van der Waals surface area contributed by atoms with Crippen molar-refractivity contribution in [3.05, 3.63) is 59.7 Å². The van der Waals surface area contributed by atoms with Gasteiger partial charge in [0, 0.05) is 5.69 Å². The molecule has 4 rings (SSSR count). The Balaban J connectivity index is 1.45. The number of rotatable bonds is 4. The highest BCUT2D eigenvalue weighted by molar-refractivity contribution is 6.62. The Labute approximate surface area is 180 Å². The van der Waals surface area contributed by atoms with Gasteiger partial charge in [0.25, 0.3) is 0 Å². The number of anilines is 1. The molecule has 1 saturated carbocycles. The minimum Gasteiger partial charge on any atom is -0.399 e. The molecule has 4 nitrogen and oxygen atoms in total. The summed E-state index contributed by atoms with van der Waals surface area (Å²) in [5.74, 6) is -0.212.